The SMILES string of the molecule is O=C1c2ccc(Cl)cc2C(=O)N1c1cc(Cl)ccc1Br. The van der Waals surface area contributed by atoms with E-state index in [9.17, 15) is 9.59 Å². The van der Waals surface area contributed by atoms with Crippen molar-refractivity contribution >= 4 is 56.6 Å². The van der Waals surface area contributed by atoms with Gasteiger partial charge in [-0.05, 0) is 52.3 Å². The Morgan fingerprint density at radius 3 is 2.20 bits per heavy atom. The Balaban J connectivity index is 2.16. The van der Waals surface area contributed by atoms with E-state index >= 15 is 0 Å². The van der Waals surface area contributed by atoms with Crippen LogP contribution < -0.4 is 4.90 Å². The van der Waals surface area contributed by atoms with Crippen molar-refractivity contribution in [2.75, 3.05) is 4.90 Å². The molecule has 0 saturated heterocycles. The highest BCUT2D eigenvalue weighted by Gasteiger charge is 2.37. The first kappa shape index (κ1) is 13.6. The predicted octanol–water partition coefficient (Wildman–Crippen LogP) is 4.56. The maximum atomic E-state index is 12.4. The predicted molar refractivity (Wildman–Crippen MR) is 81.7 cm³/mol. The number of anilines is 1. The lowest BCUT2D eigenvalue weighted by Crippen LogP contribution is -2.29. The molecule has 2 aromatic rings. The van der Waals surface area contributed by atoms with Gasteiger partial charge in [0.05, 0.1) is 16.8 Å². The summed E-state index contributed by atoms with van der Waals surface area (Å²) in [7, 11) is 0. The number of fused-ring (bicyclic) bond motifs is 1. The summed E-state index contributed by atoms with van der Waals surface area (Å²) in [6.45, 7) is 0. The lowest BCUT2D eigenvalue weighted by Gasteiger charge is -2.15. The Morgan fingerprint density at radius 1 is 0.850 bits per heavy atom. The van der Waals surface area contributed by atoms with Crippen LogP contribution in [-0.2, 0) is 0 Å². The topological polar surface area (TPSA) is 37.4 Å². The summed E-state index contributed by atoms with van der Waals surface area (Å²) in [5.41, 5.74) is 1.06. The van der Waals surface area contributed by atoms with Gasteiger partial charge >= 0.3 is 0 Å². The standard InChI is InChI=1S/C14H6BrCl2NO2/c15-11-4-2-8(17)6-12(11)18-13(19)9-3-1-7(16)5-10(9)14(18)20/h1-6H. The molecule has 1 heterocycles. The van der Waals surface area contributed by atoms with E-state index in [0.717, 1.165) is 4.90 Å². The third-order valence-corrected chi connectivity index (χ3v) is 4.14. The first-order valence-electron chi connectivity index (χ1n) is 5.62. The molecule has 0 unspecified atom stereocenters. The van der Waals surface area contributed by atoms with Gasteiger partial charge < -0.3 is 0 Å². The summed E-state index contributed by atoms with van der Waals surface area (Å²) < 4.78 is 0.613. The molecule has 0 spiro atoms. The van der Waals surface area contributed by atoms with Crippen molar-refractivity contribution in [1.29, 1.82) is 0 Å². The van der Waals surface area contributed by atoms with Crippen LogP contribution in [0.25, 0.3) is 0 Å². The van der Waals surface area contributed by atoms with Crippen molar-refractivity contribution in [1.82, 2.24) is 0 Å². The number of carbonyl (C=O) groups is 2. The highest BCUT2D eigenvalue weighted by molar-refractivity contribution is 9.10. The summed E-state index contributed by atoms with van der Waals surface area (Å²) in [6.07, 6.45) is 0. The first-order chi connectivity index (χ1) is 9.49. The number of amides is 2. The molecular formula is C14H6BrCl2NO2. The fourth-order valence-corrected chi connectivity index (χ4v) is 2.85. The smallest absolute Gasteiger partial charge is 0.266 e. The second-order valence-electron chi connectivity index (χ2n) is 4.23. The molecule has 100 valence electrons. The van der Waals surface area contributed by atoms with E-state index in [4.69, 9.17) is 23.2 Å². The van der Waals surface area contributed by atoms with Crippen LogP contribution in [0.15, 0.2) is 40.9 Å². The zero-order valence-corrected chi connectivity index (χ0v) is 13.0. The van der Waals surface area contributed by atoms with E-state index in [2.05, 4.69) is 15.9 Å². The molecule has 0 N–H and O–H groups in total. The molecule has 0 aromatic heterocycles. The van der Waals surface area contributed by atoms with Gasteiger partial charge in [-0.1, -0.05) is 23.2 Å². The normalized spacial score (nSPS) is 13.8. The fourth-order valence-electron chi connectivity index (χ4n) is 2.09. The van der Waals surface area contributed by atoms with Gasteiger partial charge in [-0.2, -0.15) is 0 Å². The minimum Gasteiger partial charge on any atom is -0.268 e. The van der Waals surface area contributed by atoms with Gasteiger partial charge in [0.25, 0.3) is 11.8 Å². The zero-order chi connectivity index (χ0) is 14.4. The third kappa shape index (κ3) is 2.04. The molecule has 0 aliphatic carbocycles. The van der Waals surface area contributed by atoms with Gasteiger partial charge in [-0.3, -0.25) is 9.59 Å². The fraction of sp³-hybridized carbons (Fsp3) is 0. The molecule has 0 saturated carbocycles. The van der Waals surface area contributed by atoms with Crippen LogP contribution in [0, 0.1) is 0 Å². The zero-order valence-electron chi connectivity index (χ0n) is 9.86. The molecule has 0 bridgehead atoms. The Bertz CT molecular complexity index is 761. The van der Waals surface area contributed by atoms with Gasteiger partial charge in [-0.15, -0.1) is 0 Å². The van der Waals surface area contributed by atoms with Gasteiger partial charge in [0.15, 0.2) is 0 Å². The first-order valence-corrected chi connectivity index (χ1v) is 7.17. The van der Waals surface area contributed by atoms with Crippen molar-refractivity contribution < 1.29 is 9.59 Å². The number of carbonyl (C=O) groups excluding carboxylic acids is 2. The summed E-state index contributed by atoms with van der Waals surface area (Å²) >= 11 is 15.1. The molecule has 1 aliphatic rings. The van der Waals surface area contributed by atoms with E-state index in [0.29, 0.717) is 31.3 Å². The second-order valence-corrected chi connectivity index (χ2v) is 5.96. The van der Waals surface area contributed by atoms with Crippen LogP contribution in [0.1, 0.15) is 20.7 Å². The maximum Gasteiger partial charge on any atom is 0.266 e. The minimum absolute atomic E-state index is 0.300. The van der Waals surface area contributed by atoms with Gasteiger partial charge in [-0.25, -0.2) is 4.90 Å². The number of halogens is 3. The number of imide groups is 1. The molecule has 2 aromatic carbocycles. The van der Waals surface area contributed by atoms with E-state index in [-0.39, 0.29) is 5.91 Å². The average Bonchev–Trinajstić information content (AvgIpc) is 2.65. The molecular weight excluding hydrogens is 365 g/mol. The van der Waals surface area contributed by atoms with Crippen LogP contribution in [-0.4, -0.2) is 11.8 Å². The molecule has 20 heavy (non-hydrogen) atoms. The maximum absolute atomic E-state index is 12.4. The van der Waals surface area contributed by atoms with Crippen LogP contribution in [0.5, 0.6) is 0 Å². The lowest BCUT2D eigenvalue weighted by atomic mass is 10.1. The van der Waals surface area contributed by atoms with Crippen molar-refractivity contribution in [3.63, 3.8) is 0 Å². The molecule has 3 nitrogen and oxygen atoms in total. The van der Waals surface area contributed by atoms with Crippen LogP contribution in [0.2, 0.25) is 10.0 Å². The second kappa shape index (κ2) is 4.88. The van der Waals surface area contributed by atoms with Crippen molar-refractivity contribution in [3.8, 4) is 0 Å². The Hall–Kier alpha value is -1.36. The average molecular weight is 371 g/mol. The highest BCUT2D eigenvalue weighted by atomic mass is 79.9. The van der Waals surface area contributed by atoms with Crippen LogP contribution >= 0.6 is 39.1 Å². The van der Waals surface area contributed by atoms with E-state index in [1.807, 2.05) is 0 Å². The van der Waals surface area contributed by atoms with E-state index in [1.54, 1.807) is 30.3 Å². The largest absolute Gasteiger partial charge is 0.268 e. The lowest BCUT2D eigenvalue weighted by molar-refractivity contribution is 0.0926. The van der Waals surface area contributed by atoms with Crippen LogP contribution in [0.4, 0.5) is 5.69 Å². The van der Waals surface area contributed by atoms with Gasteiger partial charge in [0, 0.05) is 14.5 Å². The Labute approximate surface area is 133 Å². The third-order valence-electron chi connectivity index (χ3n) is 3.00. The molecule has 6 heteroatoms. The summed E-state index contributed by atoms with van der Waals surface area (Å²) in [6, 6.07) is 9.56. The van der Waals surface area contributed by atoms with E-state index in [1.165, 1.54) is 6.07 Å². The number of benzene rings is 2. The van der Waals surface area contributed by atoms with Crippen molar-refractivity contribution in [3.05, 3.63) is 62.0 Å². The van der Waals surface area contributed by atoms with E-state index < -0.39 is 5.91 Å². The highest BCUT2D eigenvalue weighted by Crippen LogP contribution is 2.35. The van der Waals surface area contributed by atoms with Gasteiger partial charge in [0.1, 0.15) is 0 Å². The molecule has 1 aliphatic heterocycles. The Morgan fingerprint density at radius 2 is 1.45 bits per heavy atom. The molecule has 0 fully saturated rings. The molecule has 3 rings (SSSR count). The summed E-state index contributed by atoms with van der Waals surface area (Å²) in [4.78, 5) is 25.9. The quantitative estimate of drug-likeness (QED) is 0.690. The number of hydrogen-bond donors (Lipinski definition) is 0. The monoisotopic (exact) mass is 369 g/mol. The van der Waals surface area contributed by atoms with Crippen molar-refractivity contribution in [2.45, 2.75) is 0 Å². The Kier molecular flexibility index (Phi) is 3.32. The summed E-state index contributed by atoms with van der Waals surface area (Å²) in [5.74, 6) is -0.792. The van der Waals surface area contributed by atoms with Gasteiger partial charge in [0.2, 0.25) is 0 Å². The van der Waals surface area contributed by atoms with Crippen molar-refractivity contribution in [2.24, 2.45) is 0 Å². The minimum atomic E-state index is -0.407. The molecule has 2 amide bonds. The molecule has 0 atom stereocenters. The number of nitrogens with zero attached hydrogens (tertiary/aromatic N) is 1. The molecule has 0 radical (unpaired) electrons. The van der Waals surface area contributed by atoms with Crippen LogP contribution in [0.3, 0.4) is 0 Å². The summed E-state index contributed by atoms with van der Waals surface area (Å²) in [5, 5.41) is 0.856. The number of hydrogen-bond acceptors (Lipinski definition) is 2. The number of rotatable bonds is 1.